The molecule has 1 atom stereocenters. The van der Waals surface area contributed by atoms with Crippen molar-refractivity contribution in [2.45, 2.75) is 51.7 Å². The highest BCUT2D eigenvalue weighted by molar-refractivity contribution is 7.92. The second-order valence-electron chi connectivity index (χ2n) is 8.31. The number of amides is 1. The number of rotatable bonds is 9. The summed E-state index contributed by atoms with van der Waals surface area (Å²) in [5.74, 6) is -1.15. The van der Waals surface area contributed by atoms with Crippen LogP contribution in [0.25, 0.3) is 0 Å². The number of carbonyl (C=O) groups is 1. The van der Waals surface area contributed by atoms with Gasteiger partial charge in [-0.2, -0.15) is 0 Å². The van der Waals surface area contributed by atoms with E-state index in [0.29, 0.717) is 0 Å². The first kappa shape index (κ1) is 24.2. The number of hydrogen-bond donors (Lipinski definition) is 1. The summed E-state index contributed by atoms with van der Waals surface area (Å²) in [6, 6.07) is 12.6. The minimum atomic E-state index is -3.87. The van der Waals surface area contributed by atoms with Crippen molar-refractivity contribution in [2.24, 2.45) is 0 Å². The molecule has 3 rings (SSSR count). The molecule has 1 fully saturated rings. The Balaban J connectivity index is 1.66. The van der Waals surface area contributed by atoms with Gasteiger partial charge in [-0.1, -0.05) is 49.7 Å². The van der Waals surface area contributed by atoms with Crippen LogP contribution in [0.15, 0.2) is 48.5 Å². The number of anilines is 1. The molecule has 0 bridgehead atoms. The molecule has 1 unspecified atom stereocenters. The van der Waals surface area contributed by atoms with Crippen LogP contribution in [0.4, 0.5) is 10.1 Å². The van der Waals surface area contributed by atoms with E-state index in [-0.39, 0.29) is 18.7 Å². The zero-order chi connectivity index (χ0) is 23.1. The fourth-order valence-corrected chi connectivity index (χ4v) is 5.32. The lowest BCUT2D eigenvalue weighted by Crippen LogP contribution is -2.49. The molecular weight excluding hydrogens is 429 g/mol. The predicted octanol–water partition coefficient (Wildman–Crippen LogP) is 3.67. The second kappa shape index (κ2) is 10.9. The Morgan fingerprint density at radius 1 is 1.06 bits per heavy atom. The molecule has 1 saturated heterocycles. The van der Waals surface area contributed by atoms with E-state index in [9.17, 15) is 17.6 Å². The third-order valence-electron chi connectivity index (χ3n) is 5.76. The number of para-hydroxylation sites is 1. The Bertz CT molecular complexity index is 1010. The third kappa shape index (κ3) is 6.29. The zero-order valence-electron chi connectivity index (χ0n) is 18.8. The Labute approximate surface area is 190 Å². The van der Waals surface area contributed by atoms with Gasteiger partial charge in [0.25, 0.3) is 0 Å². The molecule has 32 heavy (non-hydrogen) atoms. The fourth-order valence-electron chi connectivity index (χ4n) is 4.11. The number of nitrogens with zero attached hydrogens (tertiary/aromatic N) is 2. The minimum absolute atomic E-state index is 0.126. The quantitative estimate of drug-likeness (QED) is 0.619. The molecule has 1 heterocycles. The van der Waals surface area contributed by atoms with Gasteiger partial charge in [-0.25, -0.2) is 12.8 Å². The molecule has 6 nitrogen and oxygen atoms in total. The minimum Gasteiger partial charge on any atom is -0.350 e. The number of likely N-dealkylation sites (tertiary alicyclic amines) is 1. The first-order valence-corrected chi connectivity index (χ1v) is 13.0. The summed E-state index contributed by atoms with van der Waals surface area (Å²) in [6.07, 6.45) is 5.00. The van der Waals surface area contributed by atoms with Crippen molar-refractivity contribution >= 4 is 21.6 Å². The summed E-state index contributed by atoms with van der Waals surface area (Å²) in [5.41, 5.74) is 2.03. The molecule has 2 aromatic carbocycles. The van der Waals surface area contributed by atoms with Gasteiger partial charge in [0.05, 0.1) is 11.9 Å². The number of piperidine rings is 1. The molecule has 1 N–H and O–H groups in total. The van der Waals surface area contributed by atoms with Crippen LogP contribution in [0.3, 0.4) is 0 Å². The van der Waals surface area contributed by atoms with Crippen molar-refractivity contribution in [1.29, 1.82) is 0 Å². The van der Waals surface area contributed by atoms with E-state index in [1.165, 1.54) is 43.0 Å². The van der Waals surface area contributed by atoms with Crippen LogP contribution >= 0.6 is 0 Å². The molecule has 0 saturated carbocycles. The Morgan fingerprint density at radius 3 is 2.28 bits per heavy atom. The topological polar surface area (TPSA) is 69.7 Å². The lowest BCUT2D eigenvalue weighted by Gasteiger charge is -2.30. The van der Waals surface area contributed by atoms with E-state index in [0.717, 1.165) is 35.8 Å². The van der Waals surface area contributed by atoms with Crippen LogP contribution in [-0.4, -0.2) is 44.6 Å². The molecule has 1 amide bonds. The van der Waals surface area contributed by atoms with E-state index in [1.807, 2.05) is 12.1 Å². The Morgan fingerprint density at radius 2 is 1.69 bits per heavy atom. The van der Waals surface area contributed by atoms with E-state index in [4.69, 9.17) is 0 Å². The molecule has 2 aromatic rings. The standard InChI is InChI=1S/C24H32FN3O3S/c1-3-22(28(32(2,30)31)23-10-6-5-9-21(23)25)24(29)26-17-19-11-13-20(14-12-19)18-27-15-7-4-8-16-27/h5-6,9-14,22H,3-4,7-8,15-18H2,1-2H3,(H,26,29). The van der Waals surface area contributed by atoms with Gasteiger partial charge in [-0.15, -0.1) is 0 Å². The number of benzene rings is 2. The van der Waals surface area contributed by atoms with Gasteiger partial charge >= 0.3 is 0 Å². The average Bonchev–Trinajstić information content (AvgIpc) is 2.77. The highest BCUT2D eigenvalue weighted by Gasteiger charge is 2.32. The molecule has 0 aromatic heterocycles. The maximum absolute atomic E-state index is 14.3. The van der Waals surface area contributed by atoms with Crippen molar-refractivity contribution in [3.05, 3.63) is 65.5 Å². The number of halogens is 1. The molecule has 0 spiro atoms. The fraction of sp³-hybridized carbons (Fsp3) is 0.458. The van der Waals surface area contributed by atoms with Crippen LogP contribution in [0.1, 0.15) is 43.7 Å². The lowest BCUT2D eigenvalue weighted by atomic mass is 10.1. The van der Waals surface area contributed by atoms with Gasteiger partial charge in [0.15, 0.2) is 0 Å². The summed E-state index contributed by atoms with van der Waals surface area (Å²) < 4.78 is 40.1. The molecule has 1 aliphatic rings. The largest absolute Gasteiger partial charge is 0.350 e. The highest BCUT2D eigenvalue weighted by atomic mass is 32.2. The first-order valence-electron chi connectivity index (χ1n) is 11.1. The maximum atomic E-state index is 14.3. The third-order valence-corrected chi connectivity index (χ3v) is 6.93. The van der Waals surface area contributed by atoms with E-state index in [1.54, 1.807) is 13.0 Å². The van der Waals surface area contributed by atoms with Gasteiger partial charge in [0.1, 0.15) is 11.9 Å². The van der Waals surface area contributed by atoms with E-state index < -0.39 is 27.8 Å². The predicted molar refractivity (Wildman–Crippen MR) is 125 cm³/mol. The van der Waals surface area contributed by atoms with Crippen molar-refractivity contribution in [1.82, 2.24) is 10.2 Å². The van der Waals surface area contributed by atoms with Crippen LogP contribution < -0.4 is 9.62 Å². The van der Waals surface area contributed by atoms with Gasteiger partial charge in [-0.05, 0) is 55.6 Å². The zero-order valence-corrected chi connectivity index (χ0v) is 19.6. The second-order valence-corrected chi connectivity index (χ2v) is 10.2. The summed E-state index contributed by atoms with van der Waals surface area (Å²) in [6.45, 7) is 5.17. The summed E-state index contributed by atoms with van der Waals surface area (Å²) in [4.78, 5) is 15.4. The van der Waals surface area contributed by atoms with Crippen LogP contribution in [0.2, 0.25) is 0 Å². The van der Waals surface area contributed by atoms with E-state index in [2.05, 4.69) is 22.3 Å². The van der Waals surface area contributed by atoms with Gasteiger partial charge in [-0.3, -0.25) is 14.0 Å². The summed E-state index contributed by atoms with van der Waals surface area (Å²) >= 11 is 0. The highest BCUT2D eigenvalue weighted by Crippen LogP contribution is 2.25. The number of carbonyl (C=O) groups excluding carboxylic acids is 1. The van der Waals surface area contributed by atoms with Crippen LogP contribution in [-0.2, 0) is 27.9 Å². The average molecular weight is 462 g/mol. The Hall–Kier alpha value is -2.45. The maximum Gasteiger partial charge on any atom is 0.244 e. The van der Waals surface area contributed by atoms with Crippen molar-refractivity contribution in [3.63, 3.8) is 0 Å². The monoisotopic (exact) mass is 461 g/mol. The van der Waals surface area contributed by atoms with Crippen molar-refractivity contribution < 1.29 is 17.6 Å². The number of nitrogens with one attached hydrogen (secondary N) is 1. The van der Waals surface area contributed by atoms with Gasteiger partial charge in [0, 0.05) is 13.1 Å². The number of hydrogen-bond acceptors (Lipinski definition) is 4. The number of sulfonamides is 1. The SMILES string of the molecule is CCC(C(=O)NCc1ccc(CN2CCCCC2)cc1)N(c1ccccc1F)S(C)(=O)=O. The Kier molecular flexibility index (Phi) is 8.26. The lowest BCUT2D eigenvalue weighted by molar-refractivity contribution is -0.122. The molecule has 0 radical (unpaired) electrons. The van der Waals surface area contributed by atoms with Crippen molar-refractivity contribution in [3.8, 4) is 0 Å². The van der Waals surface area contributed by atoms with E-state index >= 15 is 0 Å². The van der Waals surface area contributed by atoms with Crippen LogP contribution in [0, 0.1) is 5.82 Å². The first-order chi connectivity index (χ1) is 15.3. The van der Waals surface area contributed by atoms with Gasteiger partial charge in [0.2, 0.25) is 15.9 Å². The van der Waals surface area contributed by atoms with Crippen molar-refractivity contribution in [2.75, 3.05) is 23.7 Å². The normalized spacial score (nSPS) is 15.8. The molecule has 0 aliphatic carbocycles. The van der Waals surface area contributed by atoms with Gasteiger partial charge < -0.3 is 5.32 Å². The molecule has 8 heteroatoms. The molecule has 174 valence electrons. The summed E-state index contributed by atoms with van der Waals surface area (Å²) in [5, 5.41) is 2.81. The molecule has 1 aliphatic heterocycles. The smallest absolute Gasteiger partial charge is 0.244 e. The van der Waals surface area contributed by atoms with Crippen LogP contribution in [0.5, 0.6) is 0 Å². The molecular formula is C24H32FN3O3S. The summed E-state index contributed by atoms with van der Waals surface area (Å²) in [7, 11) is -3.87.